The van der Waals surface area contributed by atoms with Gasteiger partial charge in [-0.15, -0.1) is 0 Å². The van der Waals surface area contributed by atoms with Crippen LogP contribution in [0.4, 0.5) is 0 Å². The standard InChI is InChI=1S/C21H28N4O5S/c1-3-31(28,29)25-12-18(20(27)24-21(13-25)8-4-5-9-21)23-19(26)17-11-14-10-15(30-2)6-7-16(14)22-17/h6-7,10-11,18,22H,3-5,8-9,12-13H2,1-2H3,(H,23,26)(H,24,27). The normalized spacial score (nSPS) is 21.7. The van der Waals surface area contributed by atoms with E-state index >= 15 is 0 Å². The molecule has 31 heavy (non-hydrogen) atoms. The summed E-state index contributed by atoms with van der Waals surface area (Å²) < 4.78 is 31.9. The number of aromatic amines is 1. The van der Waals surface area contributed by atoms with E-state index in [9.17, 15) is 18.0 Å². The van der Waals surface area contributed by atoms with Crippen molar-refractivity contribution in [2.75, 3.05) is 26.0 Å². The molecule has 0 radical (unpaired) electrons. The van der Waals surface area contributed by atoms with Crippen LogP contribution in [-0.2, 0) is 14.8 Å². The number of methoxy groups -OCH3 is 1. The van der Waals surface area contributed by atoms with E-state index in [1.165, 1.54) is 4.31 Å². The molecule has 4 rings (SSSR count). The molecule has 2 fully saturated rings. The van der Waals surface area contributed by atoms with Crippen molar-refractivity contribution in [3.05, 3.63) is 30.0 Å². The molecule has 1 atom stereocenters. The third kappa shape index (κ3) is 4.27. The number of nitrogens with one attached hydrogen (secondary N) is 3. The summed E-state index contributed by atoms with van der Waals surface area (Å²) >= 11 is 0. The fourth-order valence-electron chi connectivity index (χ4n) is 4.51. The topological polar surface area (TPSA) is 121 Å². The van der Waals surface area contributed by atoms with Gasteiger partial charge in [0.25, 0.3) is 5.91 Å². The first-order valence-electron chi connectivity index (χ1n) is 10.5. The molecule has 9 nitrogen and oxygen atoms in total. The Morgan fingerprint density at radius 1 is 1.29 bits per heavy atom. The van der Waals surface area contributed by atoms with E-state index in [0.29, 0.717) is 11.4 Å². The number of sulfonamides is 1. The van der Waals surface area contributed by atoms with Gasteiger partial charge in [-0.05, 0) is 44.0 Å². The van der Waals surface area contributed by atoms with Crippen molar-refractivity contribution in [3.8, 4) is 5.75 Å². The molecule has 2 amide bonds. The number of carbonyl (C=O) groups is 2. The molecule has 168 valence electrons. The maximum Gasteiger partial charge on any atom is 0.268 e. The summed E-state index contributed by atoms with van der Waals surface area (Å²) in [4.78, 5) is 28.9. The molecule has 2 aliphatic rings. The molecule has 1 aliphatic heterocycles. The molecular weight excluding hydrogens is 420 g/mol. The van der Waals surface area contributed by atoms with Gasteiger partial charge in [-0.1, -0.05) is 12.8 Å². The monoisotopic (exact) mass is 448 g/mol. The van der Waals surface area contributed by atoms with Gasteiger partial charge in [0.1, 0.15) is 17.5 Å². The predicted molar refractivity (Wildman–Crippen MR) is 116 cm³/mol. The lowest BCUT2D eigenvalue weighted by atomic mass is 9.98. The van der Waals surface area contributed by atoms with E-state index in [4.69, 9.17) is 4.74 Å². The highest BCUT2D eigenvalue weighted by molar-refractivity contribution is 7.89. The van der Waals surface area contributed by atoms with Gasteiger partial charge in [0, 0.05) is 24.0 Å². The molecule has 1 aromatic heterocycles. The van der Waals surface area contributed by atoms with Crippen LogP contribution in [0.15, 0.2) is 24.3 Å². The van der Waals surface area contributed by atoms with E-state index < -0.39 is 27.5 Å². The fraction of sp³-hybridized carbons (Fsp3) is 0.524. The van der Waals surface area contributed by atoms with Gasteiger partial charge in [-0.2, -0.15) is 4.31 Å². The number of hydrogen-bond donors (Lipinski definition) is 3. The zero-order valence-electron chi connectivity index (χ0n) is 17.7. The van der Waals surface area contributed by atoms with Crippen LogP contribution >= 0.6 is 0 Å². The Morgan fingerprint density at radius 2 is 2.03 bits per heavy atom. The highest BCUT2D eigenvalue weighted by Crippen LogP contribution is 2.33. The number of H-pyrrole nitrogens is 1. The molecule has 1 spiro atoms. The summed E-state index contributed by atoms with van der Waals surface area (Å²) in [6.45, 7) is 1.75. The van der Waals surface area contributed by atoms with Gasteiger partial charge in [-0.3, -0.25) is 9.59 Å². The van der Waals surface area contributed by atoms with Crippen LogP contribution in [0.2, 0.25) is 0 Å². The van der Waals surface area contributed by atoms with Crippen molar-refractivity contribution in [1.82, 2.24) is 19.9 Å². The molecule has 2 heterocycles. The van der Waals surface area contributed by atoms with Crippen molar-refractivity contribution in [2.45, 2.75) is 44.2 Å². The second-order valence-electron chi connectivity index (χ2n) is 8.33. The van der Waals surface area contributed by atoms with Gasteiger partial charge >= 0.3 is 0 Å². The highest BCUT2D eigenvalue weighted by Gasteiger charge is 2.45. The maximum absolute atomic E-state index is 13.0. The summed E-state index contributed by atoms with van der Waals surface area (Å²) in [5.41, 5.74) is 0.494. The van der Waals surface area contributed by atoms with Crippen LogP contribution in [0.1, 0.15) is 43.1 Å². The Morgan fingerprint density at radius 3 is 2.71 bits per heavy atom. The average Bonchev–Trinajstić information content (AvgIpc) is 3.35. The van der Waals surface area contributed by atoms with Gasteiger partial charge in [0.15, 0.2) is 0 Å². The highest BCUT2D eigenvalue weighted by atomic mass is 32.2. The molecule has 1 aliphatic carbocycles. The lowest BCUT2D eigenvalue weighted by molar-refractivity contribution is -0.124. The van der Waals surface area contributed by atoms with Crippen LogP contribution in [-0.4, -0.2) is 67.1 Å². The van der Waals surface area contributed by atoms with E-state index in [-0.39, 0.29) is 24.7 Å². The van der Waals surface area contributed by atoms with Gasteiger partial charge < -0.3 is 20.4 Å². The molecule has 10 heteroatoms. The molecule has 1 aromatic carbocycles. The van der Waals surface area contributed by atoms with Crippen LogP contribution in [0.3, 0.4) is 0 Å². The number of amides is 2. The number of aromatic nitrogens is 1. The first-order valence-corrected chi connectivity index (χ1v) is 12.1. The van der Waals surface area contributed by atoms with E-state index in [2.05, 4.69) is 15.6 Å². The van der Waals surface area contributed by atoms with Crippen molar-refractivity contribution in [2.24, 2.45) is 0 Å². The number of hydrogen-bond acceptors (Lipinski definition) is 5. The molecule has 3 N–H and O–H groups in total. The Balaban J connectivity index is 1.58. The van der Waals surface area contributed by atoms with Crippen molar-refractivity contribution >= 4 is 32.7 Å². The molecule has 1 saturated heterocycles. The van der Waals surface area contributed by atoms with Crippen LogP contribution < -0.4 is 15.4 Å². The number of nitrogens with zero attached hydrogens (tertiary/aromatic N) is 1. The second kappa shape index (κ2) is 8.16. The number of fused-ring (bicyclic) bond motifs is 1. The summed E-state index contributed by atoms with van der Waals surface area (Å²) in [5.74, 6) is -0.195. The lowest BCUT2D eigenvalue weighted by Crippen LogP contribution is -2.54. The predicted octanol–water partition coefficient (Wildman–Crippen LogP) is 1.37. The van der Waals surface area contributed by atoms with Gasteiger partial charge in [-0.25, -0.2) is 8.42 Å². The first kappa shape index (κ1) is 21.6. The SMILES string of the molecule is CCS(=O)(=O)N1CC(NC(=O)c2cc3cc(OC)ccc3[nH]2)C(=O)NC2(CCCC2)C1. The minimum Gasteiger partial charge on any atom is -0.497 e. The number of ether oxygens (including phenoxy) is 1. The van der Waals surface area contributed by atoms with Gasteiger partial charge in [0.05, 0.1) is 18.4 Å². The molecule has 1 saturated carbocycles. The zero-order chi connectivity index (χ0) is 22.2. The number of benzene rings is 1. The van der Waals surface area contributed by atoms with Crippen LogP contribution in [0.25, 0.3) is 10.9 Å². The lowest BCUT2D eigenvalue weighted by Gasteiger charge is -2.32. The average molecular weight is 449 g/mol. The van der Waals surface area contributed by atoms with Crippen LogP contribution in [0, 0.1) is 0 Å². The van der Waals surface area contributed by atoms with Crippen molar-refractivity contribution in [1.29, 1.82) is 0 Å². The molecule has 1 unspecified atom stereocenters. The summed E-state index contributed by atoms with van der Waals surface area (Å²) in [5, 5.41) is 6.57. The van der Waals surface area contributed by atoms with E-state index in [1.807, 2.05) is 6.07 Å². The maximum atomic E-state index is 13.0. The summed E-state index contributed by atoms with van der Waals surface area (Å²) in [6, 6.07) is 6.10. The quantitative estimate of drug-likeness (QED) is 0.638. The number of carbonyl (C=O) groups excluding carboxylic acids is 2. The summed E-state index contributed by atoms with van der Waals surface area (Å²) in [7, 11) is -1.96. The summed E-state index contributed by atoms with van der Waals surface area (Å²) in [6.07, 6.45) is 3.35. The van der Waals surface area contributed by atoms with Gasteiger partial charge in [0.2, 0.25) is 15.9 Å². The zero-order valence-corrected chi connectivity index (χ0v) is 18.5. The Kier molecular flexibility index (Phi) is 5.69. The Labute approximate surface area is 181 Å². The van der Waals surface area contributed by atoms with Crippen molar-refractivity contribution < 1.29 is 22.7 Å². The Hall–Kier alpha value is -2.59. The largest absolute Gasteiger partial charge is 0.497 e. The molecule has 2 aromatic rings. The third-order valence-corrected chi connectivity index (χ3v) is 8.06. The number of rotatable bonds is 5. The fourth-order valence-corrected chi connectivity index (χ4v) is 5.70. The van der Waals surface area contributed by atoms with Crippen molar-refractivity contribution in [3.63, 3.8) is 0 Å². The van der Waals surface area contributed by atoms with Crippen LogP contribution in [0.5, 0.6) is 5.75 Å². The minimum atomic E-state index is -3.52. The molecular formula is C21H28N4O5S. The smallest absolute Gasteiger partial charge is 0.268 e. The van der Waals surface area contributed by atoms with E-state index in [1.54, 1.807) is 32.2 Å². The second-order valence-corrected chi connectivity index (χ2v) is 10.6. The van der Waals surface area contributed by atoms with E-state index in [0.717, 1.165) is 36.6 Å². The molecule has 0 bridgehead atoms. The minimum absolute atomic E-state index is 0.0538. The third-order valence-electron chi connectivity index (χ3n) is 6.27. The first-order chi connectivity index (χ1) is 14.7. The Bertz CT molecular complexity index is 1100.